The summed E-state index contributed by atoms with van der Waals surface area (Å²) in [4.78, 5) is 11.0. The van der Waals surface area contributed by atoms with Crippen molar-refractivity contribution in [1.82, 2.24) is 19.1 Å². The highest BCUT2D eigenvalue weighted by Gasteiger charge is 2.23. The Morgan fingerprint density at radius 2 is 2.04 bits per heavy atom. The van der Waals surface area contributed by atoms with Crippen LogP contribution in [-0.2, 0) is 19.5 Å². The molecule has 0 saturated carbocycles. The number of aromatic nitrogens is 4. The summed E-state index contributed by atoms with van der Waals surface area (Å²) in [5, 5.41) is 0. The fraction of sp³-hybridized carbons (Fsp3) is 0.400. The molecule has 1 aliphatic rings. The van der Waals surface area contributed by atoms with Gasteiger partial charge in [-0.15, -0.1) is 0 Å². The first kappa shape index (κ1) is 15.9. The minimum Gasteiger partial charge on any atom is -0.371 e. The zero-order valence-corrected chi connectivity index (χ0v) is 15.2. The summed E-state index contributed by atoms with van der Waals surface area (Å²) in [6, 6.07) is 7.39. The molecule has 3 heterocycles. The lowest BCUT2D eigenvalue weighted by atomic mass is 10.1. The summed E-state index contributed by atoms with van der Waals surface area (Å²) >= 11 is 0. The molecule has 0 fully saturated rings. The average Bonchev–Trinajstić information content (AvgIpc) is 3.29. The Hall–Kier alpha value is -2.56. The number of hydrogen-bond acceptors (Lipinski definition) is 3. The number of nitrogens with zero attached hydrogens (tertiary/aromatic N) is 5. The molecule has 0 aliphatic carbocycles. The van der Waals surface area contributed by atoms with Crippen LogP contribution in [0.1, 0.15) is 24.7 Å². The first-order valence-corrected chi connectivity index (χ1v) is 8.97. The Kier molecular flexibility index (Phi) is 4.07. The molecular formula is C20H25N5. The highest BCUT2D eigenvalue weighted by Crippen LogP contribution is 2.34. The van der Waals surface area contributed by atoms with Crippen LogP contribution in [0, 0.1) is 6.92 Å². The van der Waals surface area contributed by atoms with Crippen molar-refractivity contribution in [2.24, 2.45) is 0 Å². The molecule has 0 N–H and O–H groups in total. The number of likely N-dealkylation sites (N-methyl/N-ethyl adjacent to an activating group) is 1. The highest BCUT2D eigenvalue weighted by molar-refractivity contribution is 5.68. The molecule has 5 nitrogen and oxygen atoms in total. The van der Waals surface area contributed by atoms with Gasteiger partial charge < -0.3 is 14.0 Å². The fourth-order valence-corrected chi connectivity index (χ4v) is 3.74. The number of imidazole rings is 2. The Morgan fingerprint density at radius 3 is 2.84 bits per heavy atom. The van der Waals surface area contributed by atoms with E-state index in [0.717, 1.165) is 31.8 Å². The SMILES string of the molecule is Cc1nccn1CCCn1cncc1-c1ccc2c(c1)C[C@H](C)N2C. The van der Waals surface area contributed by atoms with Crippen molar-refractivity contribution in [2.45, 2.75) is 45.8 Å². The predicted octanol–water partition coefficient (Wildman–Crippen LogP) is 3.53. The van der Waals surface area contributed by atoms with Gasteiger partial charge in [-0.3, -0.25) is 0 Å². The van der Waals surface area contributed by atoms with Crippen LogP contribution in [0.5, 0.6) is 0 Å². The molecule has 1 atom stereocenters. The quantitative estimate of drug-likeness (QED) is 0.716. The second kappa shape index (κ2) is 6.39. The van der Waals surface area contributed by atoms with Crippen LogP contribution in [0.25, 0.3) is 11.3 Å². The van der Waals surface area contributed by atoms with E-state index in [1.54, 1.807) is 0 Å². The fourth-order valence-electron chi connectivity index (χ4n) is 3.74. The van der Waals surface area contributed by atoms with E-state index in [0.29, 0.717) is 6.04 Å². The van der Waals surface area contributed by atoms with E-state index in [1.807, 2.05) is 31.8 Å². The van der Waals surface area contributed by atoms with Gasteiger partial charge in [0.15, 0.2) is 0 Å². The first-order chi connectivity index (χ1) is 12.1. The van der Waals surface area contributed by atoms with E-state index in [1.165, 1.54) is 22.5 Å². The van der Waals surface area contributed by atoms with Crippen LogP contribution in [0.3, 0.4) is 0 Å². The summed E-state index contributed by atoms with van der Waals surface area (Å²) in [6.07, 6.45) is 10.0. The van der Waals surface area contributed by atoms with E-state index in [9.17, 15) is 0 Å². The molecule has 0 spiro atoms. The molecule has 0 bridgehead atoms. The molecule has 5 heteroatoms. The van der Waals surface area contributed by atoms with Gasteiger partial charge in [0.25, 0.3) is 0 Å². The van der Waals surface area contributed by atoms with Crippen molar-refractivity contribution in [2.75, 3.05) is 11.9 Å². The number of hydrogen-bond donors (Lipinski definition) is 0. The molecule has 130 valence electrons. The minimum absolute atomic E-state index is 0.577. The molecular weight excluding hydrogens is 310 g/mol. The Morgan fingerprint density at radius 1 is 1.20 bits per heavy atom. The predicted molar refractivity (Wildman–Crippen MR) is 101 cm³/mol. The lowest BCUT2D eigenvalue weighted by molar-refractivity contribution is 0.557. The van der Waals surface area contributed by atoms with Gasteiger partial charge in [-0.1, -0.05) is 6.07 Å². The molecule has 3 aromatic rings. The summed E-state index contributed by atoms with van der Waals surface area (Å²) in [5.41, 5.74) is 5.26. The van der Waals surface area contributed by atoms with E-state index < -0.39 is 0 Å². The average molecular weight is 335 g/mol. The summed E-state index contributed by atoms with van der Waals surface area (Å²) in [5.74, 6) is 1.07. The number of fused-ring (bicyclic) bond motifs is 1. The Labute approximate surface area is 148 Å². The molecule has 1 aliphatic heterocycles. The number of aryl methyl sites for hydroxylation is 3. The van der Waals surface area contributed by atoms with Gasteiger partial charge in [-0.2, -0.15) is 0 Å². The molecule has 0 unspecified atom stereocenters. The van der Waals surface area contributed by atoms with Crippen LogP contribution in [-0.4, -0.2) is 32.2 Å². The van der Waals surface area contributed by atoms with Crippen LogP contribution >= 0.6 is 0 Å². The number of benzene rings is 1. The number of rotatable bonds is 5. The van der Waals surface area contributed by atoms with Crippen LogP contribution < -0.4 is 4.90 Å². The van der Waals surface area contributed by atoms with Crippen molar-refractivity contribution >= 4 is 5.69 Å². The normalized spacial score (nSPS) is 16.4. The number of anilines is 1. The van der Waals surface area contributed by atoms with Gasteiger partial charge in [-0.25, -0.2) is 9.97 Å². The zero-order chi connectivity index (χ0) is 17.4. The second-order valence-corrected chi connectivity index (χ2v) is 7.00. The van der Waals surface area contributed by atoms with Gasteiger partial charge in [0.2, 0.25) is 0 Å². The maximum Gasteiger partial charge on any atom is 0.105 e. The van der Waals surface area contributed by atoms with Crippen LogP contribution in [0.15, 0.2) is 43.1 Å². The lowest BCUT2D eigenvalue weighted by Gasteiger charge is -2.18. The molecule has 0 saturated heterocycles. The van der Waals surface area contributed by atoms with Gasteiger partial charge in [0.1, 0.15) is 5.82 Å². The Bertz CT molecular complexity index is 876. The van der Waals surface area contributed by atoms with Gasteiger partial charge in [0.05, 0.1) is 18.2 Å². The van der Waals surface area contributed by atoms with Crippen molar-refractivity contribution in [1.29, 1.82) is 0 Å². The largest absolute Gasteiger partial charge is 0.371 e. The summed E-state index contributed by atoms with van der Waals surface area (Å²) in [6.45, 7) is 6.27. The van der Waals surface area contributed by atoms with E-state index in [2.05, 4.69) is 56.2 Å². The topological polar surface area (TPSA) is 38.9 Å². The third-order valence-electron chi connectivity index (χ3n) is 5.37. The third kappa shape index (κ3) is 2.95. The third-order valence-corrected chi connectivity index (χ3v) is 5.37. The van der Waals surface area contributed by atoms with E-state index in [4.69, 9.17) is 0 Å². The van der Waals surface area contributed by atoms with Gasteiger partial charge in [-0.05, 0) is 44.4 Å². The van der Waals surface area contributed by atoms with Crippen LogP contribution in [0.2, 0.25) is 0 Å². The molecule has 4 rings (SSSR count). The highest BCUT2D eigenvalue weighted by atomic mass is 15.1. The van der Waals surface area contributed by atoms with Crippen molar-refractivity contribution in [3.05, 3.63) is 54.5 Å². The van der Waals surface area contributed by atoms with Gasteiger partial charge >= 0.3 is 0 Å². The summed E-state index contributed by atoms with van der Waals surface area (Å²) in [7, 11) is 2.18. The van der Waals surface area contributed by atoms with Crippen molar-refractivity contribution in [3.63, 3.8) is 0 Å². The molecule has 1 aromatic carbocycles. The second-order valence-electron chi connectivity index (χ2n) is 7.00. The minimum atomic E-state index is 0.577. The smallest absolute Gasteiger partial charge is 0.105 e. The zero-order valence-electron chi connectivity index (χ0n) is 15.2. The van der Waals surface area contributed by atoms with Gasteiger partial charge in [0, 0.05) is 49.8 Å². The summed E-state index contributed by atoms with van der Waals surface area (Å²) < 4.78 is 4.46. The lowest BCUT2D eigenvalue weighted by Crippen LogP contribution is -2.23. The molecule has 0 amide bonds. The maximum absolute atomic E-state index is 4.39. The molecule has 2 aromatic heterocycles. The van der Waals surface area contributed by atoms with E-state index >= 15 is 0 Å². The molecule has 25 heavy (non-hydrogen) atoms. The van der Waals surface area contributed by atoms with E-state index in [-0.39, 0.29) is 0 Å². The Balaban J connectivity index is 1.50. The van der Waals surface area contributed by atoms with Crippen LogP contribution in [0.4, 0.5) is 5.69 Å². The molecule has 0 radical (unpaired) electrons. The van der Waals surface area contributed by atoms with Crippen molar-refractivity contribution in [3.8, 4) is 11.3 Å². The maximum atomic E-state index is 4.39. The monoisotopic (exact) mass is 335 g/mol. The standard InChI is InChI=1S/C20H25N5/c1-15-11-18-12-17(5-6-19(18)23(15)3)20-13-21-14-25(20)9-4-8-24-10-7-22-16(24)2/h5-7,10,12-15H,4,8-9,11H2,1-3H3/t15-/m0/s1. The van der Waals surface area contributed by atoms with Crippen molar-refractivity contribution < 1.29 is 0 Å². The first-order valence-electron chi connectivity index (χ1n) is 8.97.